The summed E-state index contributed by atoms with van der Waals surface area (Å²) in [6, 6.07) is 0. The lowest BCUT2D eigenvalue weighted by Crippen LogP contribution is -2.27. The van der Waals surface area contributed by atoms with Crippen LogP contribution in [0.15, 0.2) is 12.5 Å². The van der Waals surface area contributed by atoms with Crippen LogP contribution in [0.4, 0.5) is 0 Å². The van der Waals surface area contributed by atoms with Gasteiger partial charge in [-0.1, -0.05) is 0 Å². The normalized spacial score (nSPS) is 11.6. The molecule has 5 heteroatoms. The van der Waals surface area contributed by atoms with Crippen molar-refractivity contribution >= 4 is 17.7 Å². The van der Waals surface area contributed by atoms with Crippen LogP contribution in [-0.4, -0.2) is 25.4 Å². The molecule has 0 saturated carbocycles. The fourth-order valence-corrected chi connectivity index (χ4v) is 1.75. The summed E-state index contributed by atoms with van der Waals surface area (Å²) in [6.07, 6.45) is 3.47. The van der Waals surface area contributed by atoms with Crippen LogP contribution in [0.25, 0.3) is 0 Å². The molecular weight excluding hydrogens is 200 g/mol. The molecule has 0 bridgehead atoms. The molecule has 1 N–H and O–H groups in total. The first-order chi connectivity index (χ1) is 6.43. The Balaban J connectivity index is 2.57. The zero-order chi connectivity index (χ0) is 10.8. The van der Waals surface area contributed by atoms with E-state index >= 15 is 0 Å². The second-order valence-electron chi connectivity index (χ2n) is 3.60. The van der Waals surface area contributed by atoms with Crippen molar-refractivity contribution in [2.45, 2.75) is 24.3 Å². The minimum atomic E-state index is -0.787. The van der Waals surface area contributed by atoms with Gasteiger partial charge in [-0.25, -0.2) is 4.98 Å². The van der Waals surface area contributed by atoms with Crippen LogP contribution in [0.2, 0.25) is 0 Å². The Kier molecular flexibility index (Phi) is 3.21. The molecule has 0 radical (unpaired) electrons. The Morgan fingerprint density at radius 2 is 2.36 bits per heavy atom. The van der Waals surface area contributed by atoms with Crippen molar-refractivity contribution in [2.75, 3.05) is 0 Å². The standard InChI is InChI=1S/C9H14N2O2S/c1-9(2,8(12)13)14-5-7-4-10-6-11(7)3/h4,6H,5H2,1-3H3,(H,12,13). The van der Waals surface area contributed by atoms with Crippen LogP contribution in [-0.2, 0) is 17.6 Å². The number of carboxylic acid groups (broad SMARTS) is 1. The number of aryl methyl sites for hydroxylation is 1. The largest absolute Gasteiger partial charge is 0.480 e. The third-order valence-corrected chi connectivity index (χ3v) is 3.35. The van der Waals surface area contributed by atoms with E-state index in [0.29, 0.717) is 5.75 Å². The van der Waals surface area contributed by atoms with Crippen LogP contribution >= 0.6 is 11.8 Å². The van der Waals surface area contributed by atoms with Gasteiger partial charge in [0.1, 0.15) is 4.75 Å². The van der Waals surface area contributed by atoms with Crippen molar-refractivity contribution in [3.63, 3.8) is 0 Å². The van der Waals surface area contributed by atoms with Gasteiger partial charge < -0.3 is 9.67 Å². The monoisotopic (exact) mass is 214 g/mol. The average molecular weight is 214 g/mol. The Morgan fingerprint density at radius 3 is 2.79 bits per heavy atom. The highest BCUT2D eigenvalue weighted by Gasteiger charge is 2.27. The Hall–Kier alpha value is -0.970. The van der Waals surface area contributed by atoms with Gasteiger partial charge in [0.15, 0.2) is 0 Å². The zero-order valence-corrected chi connectivity index (χ0v) is 9.34. The summed E-state index contributed by atoms with van der Waals surface area (Å²) in [5, 5.41) is 8.90. The lowest BCUT2D eigenvalue weighted by molar-refractivity contribution is -0.138. The van der Waals surface area contributed by atoms with Gasteiger partial charge in [0.2, 0.25) is 0 Å². The summed E-state index contributed by atoms with van der Waals surface area (Å²) in [5.41, 5.74) is 1.03. The molecule has 4 nitrogen and oxygen atoms in total. The molecule has 78 valence electrons. The predicted octanol–water partition coefficient (Wildman–Crippen LogP) is 1.52. The first kappa shape index (κ1) is 11.1. The van der Waals surface area contributed by atoms with Crippen LogP contribution in [0.1, 0.15) is 19.5 Å². The number of carboxylic acids is 1. The summed E-state index contributed by atoms with van der Waals surface area (Å²) in [5.74, 6) is -0.125. The van der Waals surface area contributed by atoms with E-state index in [0.717, 1.165) is 5.69 Å². The lowest BCUT2D eigenvalue weighted by atomic mass is 10.2. The van der Waals surface area contributed by atoms with Gasteiger partial charge in [-0.05, 0) is 13.8 Å². The Bertz CT molecular complexity index is 333. The number of hydrogen-bond donors (Lipinski definition) is 1. The van der Waals surface area contributed by atoms with E-state index in [4.69, 9.17) is 5.11 Å². The molecule has 0 fully saturated rings. The second-order valence-corrected chi connectivity index (χ2v) is 5.20. The second kappa shape index (κ2) is 4.04. The molecule has 1 heterocycles. The Morgan fingerprint density at radius 1 is 1.71 bits per heavy atom. The van der Waals surface area contributed by atoms with E-state index in [2.05, 4.69) is 4.98 Å². The van der Waals surface area contributed by atoms with E-state index < -0.39 is 10.7 Å². The quantitative estimate of drug-likeness (QED) is 0.825. The van der Waals surface area contributed by atoms with Gasteiger partial charge in [-0.15, -0.1) is 11.8 Å². The lowest BCUT2D eigenvalue weighted by Gasteiger charge is -2.18. The molecule has 1 aromatic rings. The number of carbonyl (C=O) groups is 1. The van der Waals surface area contributed by atoms with Gasteiger partial charge in [0.25, 0.3) is 0 Å². The number of rotatable bonds is 4. The maximum absolute atomic E-state index is 10.8. The van der Waals surface area contributed by atoms with Crippen LogP contribution < -0.4 is 0 Å². The molecule has 0 unspecified atom stereocenters. The highest BCUT2D eigenvalue weighted by molar-refractivity contribution is 8.00. The van der Waals surface area contributed by atoms with E-state index in [-0.39, 0.29) is 0 Å². The van der Waals surface area contributed by atoms with Gasteiger partial charge in [-0.3, -0.25) is 4.79 Å². The van der Waals surface area contributed by atoms with Gasteiger partial charge in [0.05, 0.1) is 6.33 Å². The average Bonchev–Trinajstić information content (AvgIpc) is 2.47. The highest BCUT2D eigenvalue weighted by Crippen LogP contribution is 2.27. The predicted molar refractivity (Wildman–Crippen MR) is 56.2 cm³/mol. The molecule has 1 rings (SSSR count). The molecule has 14 heavy (non-hydrogen) atoms. The molecule has 1 aromatic heterocycles. The summed E-state index contributed by atoms with van der Waals surface area (Å²) in [4.78, 5) is 14.8. The molecule has 0 amide bonds. The van der Waals surface area contributed by atoms with Gasteiger partial charge in [0, 0.05) is 24.7 Å². The molecule has 0 atom stereocenters. The van der Waals surface area contributed by atoms with Gasteiger partial charge >= 0.3 is 5.97 Å². The number of hydrogen-bond acceptors (Lipinski definition) is 3. The summed E-state index contributed by atoms with van der Waals surface area (Å²) < 4.78 is 1.15. The van der Waals surface area contributed by atoms with E-state index in [1.165, 1.54) is 11.8 Å². The zero-order valence-electron chi connectivity index (χ0n) is 8.52. The number of nitrogens with zero attached hydrogens (tertiary/aromatic N) is 2. The molecule has 0 spiro atoms. The topological polar surface area (TPSA) is 55.1 Å². The van der Waals surface area contributed by atoms with Crippen molar-refractivity contribution in [3.05, 3.63) is 18.2 Å². The molecular formula is C9H14N2O2S. The molecule has 0 aliphatic heterocycles. The summed E-state index contributed by atoms with van der Waals surface area (Å²) >= 11 is 1.40. The summed E-state index contributed by atoms with van der Waals surface area (Å²) in [6.45, 7) is 3.41. The van der Waals surface area contributed by atoms with Crippen molar-refractivity contribution in [1.29, 1.82) is 0 Å². The van der Waals surface area contributed by atoms with Crippen LogP contribution in [0.5, 0.6) is 0 Å². The van der Waals surface area contributed by atoms with Crippen LogP contribution in [0, 0.1) is 0 Å². The fourth-order valence-electron chi connectivity index (χ4n) is 0.840. The minimum absolute atomic E-state index is 0.663. The van der Waals surface area contributed by atoms with Crippen molar-refractivity contribution in [2.24, 2.45) is 7.05 Å². The maximum atomic E-state index is 10.8. The number of aliphatic carboxylic acids is 1. The summed E-state index contributed by atoms with van der Waals surface area (Å²) in [7, 11) is 1.90. The van der Waals surface area contributed by atoms with Crippen molar-refractivity contribution in [3.8, 4) is 0 Å². The third-order valence-electron chi connectivity index (χ3n) is 2.01. The third kappa shape index (κ3) is 2.51. The molecule has 0 aromatic carbocycles. The van der Waals surface area contributed by atoms with Crippen molar-refractivity contribution in [1.82, 2.24) is 9.55 Å². The van der Waals surface area contributed by atoms with E-state index in [9.17, 15) is 4.79 Å². The SMILES string of the molecule is Cn1cncc1CSC(C)(C)C(=O)O. The van der Waals surface area contributed by atoms with Crippen LogP contribution in [0.3, 0.4) is 0 Å². The van der Waals surface area contributed by atoms with Crippen molar-refractivity contribution < 1.29 is 9.90 Å². The van der Waals surface area contributed by atoms with Gasteiger partial charge in [-0.2, -0.15) is 0 Å². The number of thioether (sulfide) groups is 1. The molecule has 0 aliphatic rings. The smallest absolute Gasteiger partial charge is 0.319 e. The number of imidazole rings is 1. The molecule has 0 saturated heterocycles. The highest BCUT2D eigenvalue weighted by atomic mass is 32.2. The number of aromatic nitrogens is 2. The van der Waals surface area contributed by atoms with E-state index in [1.807, 2.05) is 11.6 Å². The maximum Gasteiger partial charge on any atom is 0.319 e. The Labute approximate surface area is 87.3 Å². The first-order valence-electron chi connectivity index (χ1n) is 4.26. The molecule has 0 aliphatic carbocycles. The minimum Gasteiger partial charge on any atom is -0.480 e. The first-order valence-corrected chi connectivity index (χ1v) is 5.24. The van der Waals surface area contributed by atoms with E-state index in [1.54, 1.807) is 26.4 Å². The fraction of sp³-hybridized carbons (Fsp3) is 0.556.